The molecule has 0 aliphatic carbocycles. The first-order valence-corrected chi connectivity index (χ1v) is 12.4. The summed E-state index contributed by atoms with van der Waals surface area (Å²) in [5.41, 5.74) is 2.88. The number of halogens is 1. The van der Waals surface area contributed by atoms with E-state index in [0.717, 1.165) is 17.3 Å². The molecule has 36 heavy (non-hydrogen) atoms. The van der Waals surface area contributed by atoms with Gasteiger partial charge in [0.25, 0.3) is 11.8 Å². The van der Waals surface area contributed by atoms with Gasteiger partial charge in [-0.25, -0.2) is 4.39 Å². The van der Waals surface area contributed by atoms with Crippen LogP contribution in [0.15, 0.2) is 83.8 Å². The van der Waals surface area contributed by atoms with Gasteiger partial charge in [0, 0.05) is 17.8 Å². The van der Waals surface area contributed by atoms with Gasteiger partial charge in [0.2, 0.25) is 5.91 Å². The van der Waals surface area contributed by atoms with Crippen molar-refractivity contribution in [1.82, 2.24) is 4.90 Å². The molecule has 3 aromatic carbocycles. The molecule has 0 spiro atoms. The number of anilines is 2. The summed E-state index contributed by atoms with van der Waals surface area (Å²) in [4.78, 5) is 42.7. The highest BCUT2D eigenvalue weighted by Gasteiger charge is 2.42. The molecule has 0 aromatic heterocycles. The Morgan fingerprint density at radius 2 is 1.58 bits per heavy atom. The molecule has 2 heterocycles. The number of rotatable bonds is 6. The van der Waals surface area contributed by atoms with Gasteiger partial charge in [0.15, 0.2) is 0 Å². The van der Waals surface area contributed by atoms with Crippen LogP contribution in [-0.2, 0) is 20.8 Å². The Morgan fingerprint density at radius 3 is 2.33 bits per heavy atom. The lowest BCUT2D eigenvalue weighted by Gasteiger charge is -2.17. The average molecular weight is 518 g/mol. The highest BCUT2D eigenvalue weighted by Crippen LogP contribution is 2.44. The van der Waals surface area contributed by atoms with Crippen LogP contribution < -0.4 is 10.2 Å². The van der Waals surface area contributed by atoms with Crippen LogP contribution in [0, 0.1) is 5.82 Å². The maximum atomic E-state index is 13.5. The van der Waals surface area contributed by atoms with Gasteiger partial charge in [-0.05, 0) is 42.3 Å². The number of hydrogen-bond acceptors (Lipinski definition) is 5. The molecule has 1 fully saturated rings. The molecular weight excluding hydrogens is 497 g/mol. The molecule has 9 heteroatoms. The Balaban J connectivity index is 1.39. The summed E-state index contributed by atoms with van der Waals surface area (Å²) < 4.78 is 13.6. The number of carbonyl (C=O) groups is 3. The van der Waals surface area contributed by atoms with E-state index < -0.39 is 17.6 Å². The molecule has 3 aromatic rings. The minimum absolute atomic E-state index is 0.250. The van der Waals surface area contributed by atoms with E-state index in [1.165, 1.54) is 34.1 Å². The average Bonchev–Trinajstić information content (AvgIpc) is 3.31. The molecule has 0 bridgehead atoms. The summed E-state index contributed by atoms with van der Waals surface area (Å²) >= 11 is 6.59. The Bertz CT molecular complexity index is 1410. The quantitative estimate of drug-likeness (QED) is 0.382. The lowest BCUT2D eigenvalue weighted by molar-refractivity contribution is -0.122. The van der Waals surface area contributed by atoms with Gasteiger partial charge in [-0.2, -0.15) is 0 Å². The fourth-order valence-corrected chi connectivity index (χ4v) is 5.54. The number of amides is 3. The molecule has 0 radical (unpaired) electrons. The monoisotopic (exact) mass is 517 g/mol. The van der Waals surface area contributed by atoms with E-state index >= 15 is 0 Å². The van der Waals surface area contributed by atoms with E-state index in [1.807, 2.05) is 30.3 Å². The normalized spacial score (nSPS) is 17.1. The summed E-state index contributed by atoms with van der Waals surface area (Å²) in [5, 5.41) is 2.67. The largest absolute Gasteiger partial charge is 0.325 e. The first-order chi connectivity index (χ1) is 17.4. The van der Waals surface area contributed by atoms with Crippen LogP contribution in [0.3, 0.4) is 0 Å². The molecule has 0 unspecified atom stereocenters. The molecule has 3 amide bonds. The smallest absolute Gasteiger partial charge is 0.267 e. The first kappa shape index (κ1) is 23.9. The topological polar surface area (TPSA) is 69.7 Å². The van der Waals surface area contributed by atoms with Gasteiger partial charge in [-0.15, -0.1) is 0 Å². The maximum absolute atomic E-state index is 13.5. The van der Waals surface area contributed by atoms with E-state index in [4.69, 9.17) is 12.2 Å². The van der Waals surface area contributed by atoms with Crippen molar-refractivity contribution >= 4 is 63.0 Å². The second-order valence-corrected chi connectivity index (χ2v) is 9.87. The number of hydrogen-bond donors (Lipinski definition) is 1. The SMILES string of the molecule is O=C(CN1C(=O)/C(=C2/SC(=S)N(CCc3ccccc3)C2=O)c2ccccc21)Nc1ccc(F)cc1. The fraction of sp³-hybridized carbons (Fsp3) is 0.111. The van der Waals surface area contributed by atoms with Crippen LogP contribution in [0.2, 0.25) is 0 Å². The minimum Gasteiger partial charge on any atom is -0.325 e. The molecule has 2 aliphatic heterocycles. The third kappa shape index (κ3) is 4.67. The van der Waals surface area contributed by atoms with Crippen molar-refractivity contribution in [3.8, 4) is 0 Å². The standard InChI is InChI=1S/C27H20FN3O3S2/c28-18-10-12-19(13-11-18)29-22(32)16-31-21-9-5-4-8-20(21)23(25(31)33)24-26(34)30(27(35)36-24)15-14-17-6-2-1-3-7-17/h1-13H,14-16H2,(H,29,32)/b24-23+. The summed E-state index contributed by atoms with van der Waals surface area (Å²) in [6.45, 7) is 0.149. The number of fused-ring (bicyclic) bond motifs is 1. The Hall–Kier alpha value is -3.82. The number of thioether (sulfide) groups is 1. The fourth-order valence-electron chi connectivity index (χ4n) is 4.16. The Kier molecular flexibility index (Phi) is 6.67. The van der Waals surface area contributed by atoms with E-state index in [0.29, 0.717) is 34.2 Å². The molecule has 180 valence electrons. The lowest BCUT2D eigenvalue weighted by atomic mass is 10.1. The predicted molar refractivity (Wildman–Crippen MR) is 143 cm³/mol. The second kappa shape index (κ2) is 10.0. The van der Waals surface area contributed by atoms with Crippen molar-refractivity contribution < 1.29 is 18.8 Å². The Labute approximate surface area is 216 Å². The number of thiocarbonyl (C=S) groups is 1. The predicted octanol–water partition coefficient (Wildman–Crippen LogP) is 4.63. The second-order valence-electron chi connectivity index (χ2n) is 8.23. The van der Waals surface area contributed by atoms with E-state index in [1.54, 1.807) is 24.3 Å². The van der Waals surface area contributed by atoms with Crippen molar-refractivity contribution in [3.05, 3.63) is 101 Å². The summed E-state index contributed by atoms with van der Waals surface area (Å²) in [7, 11) is 0. The van der Waals surface area contributed by atoms with Crippen molar-refractivity contribution in [2.75, 3.05) is 23.3 Å². The first-order valence-electron chi connectivity index (χ1n) is 11.2. The number of nitrogens with one attached hydrogen (secondary N) is 1. The van der Waals surface area contributed by atoms with Gasteiger partial charge in [-0.3, -0.25) is 24.2 Å². The zero-order chi connectivity index (χ0) is 25.2. The van der Waals surface area contributed by atoms with E-state index in [9.17, 15) is 18.8 Å². The van der Waals surface area contributed by atoms with Gasteiger partial charge in [-0.1, -0.05) is 72.5 Å². The number of benzene rings is 3. The summed E-state index contributed by atoms with van der Waals surface area (Å²) in [5.74, 6) is -1.60. The van der Waals surface area contributed by atoms with Crippen LogP contribution >= 0.6 is 24.0 Å². The Morgan fingerprint density at radius 1 is 0.889 bits per heavy atom. The lowest BCUT2D eigenvalue weighted by Crippen LogP contribution is -2.35. The van der Waals surface area contributed by atoms with Gasteiger partial charge in [0.05, 0.1) is 16.2 Å². The van der Waals surface area contributed by atoms with Crippen LogP contribution in [0.4, 0.5) is 15.8 Å². The van der Waals surface area contributed by atoms with Crippen LogP contribution in [-0.4, -0.2) is 40.0 Å². The molecule has 2 aliphatic rings. The van der Waals surface area contributed by atoms with Gasteiger partial charge >= 0.3 is 0 Å². The molecule has 6 nitrogen and oxygen atoms in total. The van der Waals surface area contributed by atoms with Crippen LogP contribution in [0.1, 0.15) is 11.1 Å². The van der Waals surface area contributed by atoms with Crippen molar-refractivity contribution in [3.63, 3.8) is 0 Å². The van der Waals surface area contributed by atoms with E-state index in [2.05, 4.69) is 5.32 Å². The molecule has 0 saturated carbocycles. The maximum Gasteiger partial charge on any atom is 0.267 e. The molecule has 5 rings (SSSR count). The number of para-hydroxylation sites is 1. The zero-order valence-corrected chi connectivity index (χ0v) is 20.6. The highest BCUT2D eigenvalue weighted by atomic mass is 32.2. The molecular formula is C27H20FN3O3S2. The van der Waals surface area contributed by atoms with Crippen LogP contribution in [0.25, 0.3) is 5.57 Å². The van der Waals surface area contributed by atoms with E-state index in [-0.39, 0.29) is 22.9 Å². The van der Waals surface area contributed by atoms with Gasteiger partial charge < -0.3 is 5.32 Å². The highest BCUT2D eigenvalue weighted by molar-refractivity contribution is 8.26. The summed E-state index contributed by atoms with van der Waals surface area (Å²) in [6.07, 6.45) is 0.635. The van der Waals surface area contributed by atoms with Crippen LogP contribution in [0.5, 0.6) is 0 Å². The number of carbonyl (C=O) groups excluding carboxylic acids is 3. The van der Waals surface area contributed by atoms with Crippen molar-refractivity contribution in [1.29, 1.82) is 0 Å². The molecule has 1 N–H and O–H groups in total. The minimum atomic E-state index is -0.443. The molecule has 1 saturated heterocycles. The zero-order valence-electron chi connectivity index (χ0n) is 18.9. The molecule has 0 atom stereocenters. The summed E-state index contributed by atoms with van der Waals surface area (Å²) in [6, 6.07) is 22.2. The number of nitrogens with zero attached hydrogens (tertiary/aromatic N) is 2. The van der Waals surface area contributed by atoms with Gasteiger partial charge in [0.1, 0.15) is 16.7 Å². The third-order valence-electron chi connectivity index (χ3n) is 5.90. The van der Waals surface area contributed by atoms with Crippen molar-refractivity contribution in [2.24, 2.45) is 0 Å². The third-order valence-corrected chi connectivity index (χ3v) is 7.34. The van der Waals surface area contributed by atoms with Crippen molar-refractivity contribution in [2.45, 2.75) is 6.42 Å².